The van der Waals surface area contributed by atoms with E-state index in [0.29, 0.717) is 38.2 Å². The fourth-order valence-electron chi connectivity index (χ4n) is 6.06. The first-order chi connectivity index (χ1) is 17.6. The van der Waals surface area contributed by atoms with Gasteiger partial charge in [0.2, 0.25) is 0 Å². The van der Waals surface area contributed by atoms with Crippen molar-refractivity contribution in [1.82, 2.24) is 14.8 Å². The average molecular weight is 520 g/mol. The van der Waals surface area contributed by atoms with Crippen molar-refractivity contribution in [2.75, 3.05) is 32.9 Å². The van der Waals surface area contributed by atoms with Crippen LogP contribution in [0.2, 0.25) is 0 Å². The molecule has 3 aromatic rings. The second-order valence-electron chi connectivity index (χ2n) is 11.3. The summed E-state index contributed by atoms with van der Waals surface area (Å²) in [5.74, 6) is -2.06. The summed E-state index contributed by atoms with van der Waals surface area (Å²) >= 11 is 0. The highest BCUT2D eigenvalue weighted by atomic mass is 19.2. The molecule has 2 aliphatic rings. The van der Waals surface area contributed by atoms with E-state index < -0.39 is 36.2 Å². The van der Waals surface area contributed by atoms with Gasteiger partial charge in [0, 0.05) is 60.3 Å². The molecular formula is C29H34F5N3. The number of para-hydroxylation sites is 1. The standard InChI is InChI=1S/C29H34F5N3/c1-17-11-21-20-7-4-5-8-24(20)35-27(21)28(37(17)16-29(2,3)34)25-22(31)12-18(13-23(25)32)26(33)19-14-36(15-19)10-6-9-30/h4-5,7-8,12-13,17,19,26,28,35H,6,9-11,14-16H2,1-3H3/t17-,26+,28-/m1/s1. The van der Waals surface area contributed by atoms with Crippen molar-refractivity contribution in [2.24, 2.45) is 5.92 Å². The summed E-state index contributed by atoms with van der Waals surface area (Å²) in [5, 5.41) is 0.983. The van der Waals surface area contributed by atoms with E-state index in [0.717, 1.165) is 28.6 Å². The van der Waals surface area contributed by atoms with E-state index in [1.165, 1.54) is 13.8 Å². The smallest absolute Gasteiger partial charge is 0.131 e. The lowest BCUT2D eigenvalue weighted by Gasteiger charge is -2.43. The number of hydrogen-bond acceptors (Lipinski definition) is 2. The molecule has 0 unspecified atom stereocenters. The van der Waals surface area contributed by atoms with Crippen molar-refractivity contribution in [2.45, 2.75) is 57.5 Å². The van der Waals surface area contributed by atoms with Crippen molar-refractivity contribution in [1.29, 1.82) is 0 Å². The molecule has 1 aromatic heterocycles. The number of halogens is 5. The number of hydrogen-bond donors (Lipinski definition) is 1. The third kappa shape index (κ3) is 5.02. The van der Waals surface area contributed by atoms with Crippen molar-refractivity contribution in [3.05, 3.63) is 70.4 Å². The maximum absolute atomic E-state index is 15.8. The van der Waals surface area contributed by atoms with E-state index in [1.807, 2.05) is 36.1 Å². The summed E-state index contributed by atoms with van der Waals surface area (Å²) < 4.78 is 74.1. The number of likely N-dealkylation sites (tertiary alicyclic amines) is 1. The number of nitrogens with zero attached hydrogens (tertiary/aromatic N) is 2. The largest absolute Gasteiger partial charge is 0.357 e. The van der Waals surface area contributed by atoms with Gasteiger partial charge in [-0.05, 0) is 62.9 Å². The van der Waals surface area contributed by atoms with Gasteiger partial charge in [0.05, 0.1) is 12.7 Å². The molecule has 0 radical (unpaired) electrons. The van der Waals surface area contributed by atoms with Crippen LogP contribution in [-0.2, 0) is 6.42 Å². The van der Waals surface area contributed by atoms with Crippen LogP contribution in [0.3, 0.4) is 0 Å². The minimum Gasteiger partial charge on any atom is -0.357 e. The van der Waals surface area contributed by atoms with Gasteiger partial charge in [-0.2, -0.15) is 0 Å². The molecule has 37 heavy (non-hydrogen) atoms. The Morgan fingerprint density at radius 1 is 1.11 bits per heavy atom. The number of aromatic amines is 1. The lowest BCUT2D eigenvalue weighted by atomic mass is 9.85. The van der Waals surface area contributed by atoms with Crippen molar-refractivity contribution >= 4 is 10.9 Å². The number of rotatable bonds is 8. The van der Waals surface area contributed by atoms with Gasteiger partial charge in [0.15, 0.2) is 0 Å². The third-order valence-corrected chi connectivity index (χ3v) is 7.78. The first-order valence-electron chi connectivity index (χ1n) is 13.0. The zero-order valence-corrected chi connectivity index (χ0v) is 21.5. The molecule has 1 fully saturated rings. The Labute approximate surface area is 214 Å². The van der Waals surface area contributed by atoms with Gasteiger partial charge in [-0.3, -0.25) is 9.29 Å². The Kier molecular flexibility index (Phi) is 7.09. The van der Waals surface area contributed by atoms with Crippen LogP contribution in [-0.4, -0.2) is 59.3 Å². The van der Waals surface area contributed by atoms with E-state index >= 15 is 13.2 Å². The molecule has 0 saturated carbocycles. The predicted molar refractivity (Wildman–Crippen MR) is 136 cm³/mol. The Morgan fingerprint density at radius 3 is 2.43 bits per heavy atom. The molecule has 0 amide bonds. The maximum atomic E-state index is 15.8. The minimum atomic E-state index is -1.59. The fourth-order valence-corrected chi connectivity index (χ4v) is 6.06. The molecule has 0 aliphatic carbocycles. The SMILES string of the molecule is C[C@@H]1Cc2c([nH]c3ccccc23)[C@@H](c2c(F)cc([C@H](F)C3CN(CCCF)C3)cc2F)N1CC(C)(C)F. The van der Waals surface area contributed by atoms with E-state index in [2.05, 4.69) is 4.98 Å². The fraction of sp³-hybridized carbons (Fsp3) is 0.517. The lowest BCUT2D eigenvalue weighted by Crippen LogP contribution is -2.49. The summed E-state index contributed by atoms with van der Waals surface area (Å²) in [6, 6.07) is 8.82. The summed E-state index contributed by atoms with van der Waals surface area (Å²) in [5.41, 5.74) is 0.647. The van der Waals surface area contributed by atoms with Crippen LogP contribution in [0.25, 0.3) is 10.9 Å². The maximum Gasteiger partial charge on any atom is 0.131 e. The number of aromatic nitrogens is 1. The number of alkyl halides is 3. The number of H-pyrrole nitrogens is 1. The molecule has 2 aromatic carbocycles. The highest BCUT2D eigenvalue weighted by Crippen LogP contribution is 2.44. The van der Waals surface area contributed by atoms with Crippen molar-refractivity contribution in [3.63, 3.8) is 0 Å². The highest BCUT2D eigenvalue weighted by Gasteiger charge is 2.42. The summed E-state index contributed by atoms with van der Waals surface area (Å²) in [4.78, 5) is 7.09. The van der Waals surface area contributed by atoms with E-state index in [-0.39, 0.29) is 29.6 Å². The van der Waals surface area contributed by atoms with Crippen LogP contribution < -0.4 is 0 Å². The van der Waals surface area contributed by atoms with Crippen LogP contribution in [0.5, 0.6) is 0 Å². The molecule has 1 saturated heterocycles. The molecule has 5 rings (SSSR count). The summed E-state index contributed by atoms with van der Waals surface area (Å²) in [7, 11) is 0. The summed E-state index contributed by atoms with van der Waals surface area (Å²) in [6.07, 6.45) is -0.515. The van der Waals surface area contributed by atoms with Gasteiger partial charge in [0.1, 0.15) is 23.5 Å². The Hall–Kier alpha value is -2.45. The first kappa shape index (κ1) is 26.2. The van der Waals surface area contributed by atoms with Gasteiger partial charge < -0.3 is 9.88 Å². The van der Waals surface area contributed by atoms with Crippen LogP contribution in [0, 0.1) is 17.6 Å². The molecule has 2 aliphatic heterocycles. The van der Waals surface area contributed by atoms with Gasteiger partial charge >= 0.3 is 0 Å². The van der Waals surface area contributed by atoms with E-state index in [4.69, 9.17) is 0 Å². The highest BCUT2D eigenvalue weighted by molar-refractivity contribution is 5.85. The van der Waals surface area contributed by atoms with Gasteiger partial charge in [-0.15, -0.1) is 0 Å². The molecule has 0 bridgehead atoms. The quantitative estimate of drug-likeness (QED) is 0.330. The molecule has 200 valence electrons. The number of nitrogens with one attached hydrogen (secondary N) is 1. The molecule has 0 spiro atoms. The van der Waals surface area contributed by atoms with Crippen LogP contribution in [0.15, 0.2) is 36.4 Å². The molecule has 1 N–H and O–H groups in total. The van der Waals surface area contributed by atoms with Crippen LogP contribution >= 0.6 is 0 Å². The molecule has 3 atom stereocenters. The second-order valence-corrected chi connectivity index (χ2v) is 11.3. The van der Waals surface area contributed by atoms with Crippen molar-refractivity contribution < 1.29 is 22.0 Å². The van der Waals surface area contributed by atoms with Gasteiger partial charge in [-0.1, -0.05) is 18.2 Å². The Bertz CT molecular complexity index is 1240. The number of benzene rings is 2. The Morgan fingerprint density at radius 2 is 1.78 bits per heavy atom. The topological polar surface area (TPSA) is 22.3 Å². The third-order valence-electron chi connectivity index (χ3n) is 7.78. The molecular weight excluding hydrogens is 485 g/mol. The monoisotopic (exact) mass is 519 g/mol. The van der Waals surface area contributed by atoms with Crippen LogP contribution in [0.4, 0.5) is 22.0 Å². The second kappa shape index (κ2) is 10.0. The van der Waals surface area contributed by atoms with E-state index in [1.54, 1.807) is 4.90 Å². The van der Waals surface area contributed by atoms with Gasteiger partial charge in [0.25, 0.3) is 0 Å². The molecule has 3 nitrogen and oxygen atoms in total. The zero-order valence-electron chi connectivity index (χ0n) is 21.5. The lowest BCUT2D eigenvalue weighted by molar-refractivity contribution is 0.0360. The predicted octanol–water partition coefficient (Wildman–Crippen LogP) is 6.83. The minimum absolute atomic E-state index is 0.0171. The zero-order chi connectivity index (χ0) is 26.5. The molecule has 3 heterocycles. The first-order valence-corrected chi connectivity index (χ1v) is 13.0. The molecule has 8 heteroatoms. The normalized spacial score (nSPS) is 22.3. The van der Waals surface area contributed by atoms with Crippen molar-refractivity contribution in [3.8, 4) is 0 Å². The summed E-state index contributed by atoms with van der Waals surface area (Å²) in [6.45, 7) is 5.83. The van der Waals surface area contributed by atoms with Crippen LogP contribution in [0.1, 0.15) is 61.8 Å². The van der Waals surface area contributed by atoms with Gasteiger partial charge in [-0.25, -0.2) is 17.6 Å². The average Bonchev–Trinajstić information content (AvgIpc) is 3.16. The number of fused-ring (bicyclic) bond motifs is 3. The van der Waals surface area contributed by atoms with E-state index in [9.17, 15) is 8.78 Å². The Balaban J connectivity index is 1.52.